The van der Waals surface area contributed by atoms with Crippen LogP contribution in [0.4, 0.5) is 0 Å². The van der Waals surface area contributed by atoms with Gasteiger partial charge in [-0.3, -0.25) is 4.79 Å². The highest BCUT2D eigenvalue weighted by atomic mass is 35.5. The third-order valence-corrected chi connectivity index (χ3v) is 6.01. The maximum absolute atomic E-state index is 12.4. The van der Waals surface area contributed by atoms with E-state index in [4.69, 9.17) is 32.9 Å². The standard InChI is InChI=1S/C25H23Cl2N3O2/c1-32-19-11-9-18(10-12-19)25(31)28-14-4-7-24-29-22-5-2-3-6-23(22)30(24)16-17-8-13-20(26)21(27)15-17/h2-3,5-6,8-13,15H,4,7,14,16H2,1H3,(H,28,31). The highest BCUT2D eigenvalue weighted by Crippen LogP contribution is 2.25. The summed E-state index contributed by atoms with van der Waals surface area (Å²) in [6.45, 7) is 1.20. The van der Waals surface area contributed by atoms with E-state index < -0.39 is 0 Å². The third kappa shape index (κ3) is 5.06. The van der Waals surface area contributed by atoms with Crippen LogP contribution in [0.1, 0.15) is 28.2 Å². The minimum Gasteiger partial charge on any atom is -0.497 e. The monoisotopic (exact) mass is 467 g/mol. The van der Waals surface area contributed by atoms with Crippen LogP contribution in [0, 0.1) is 0 Å². The number of halogens is 2. The Hall–Kier alpha value is -3.02. The van der Waals surface area contributed by atoms with Gasteiger partial charge in [-0.1, -0.05) is 41.4 Å². The molecule has 5 nitrogen and oxygen atoms in total. The molecule has 0 atom stereocenters. The summed E-state index contributed by atoms with van der Waals surface area (Å²) in [6.07, 6.45) is 1.51. The summed E-state index contributed by atoms with van der Waals surface area (Å²) in [7, 11) is 1.60. The second-order valence-electron chi connectivity index (χ2n) is 7.44. The van der Waals surface area contributed by atoms with Gasteiger partial charge in [0.15, 0.2) is 0 Å². The van der Waals surface area contributed by atoms with Gasteiger partial charge in [0.2, 0.25) is 0 Å². The Kier molecular flexibility index (Phi) is 6.98. The van der Waals surface area contributed by atoms with Crippen molar-refractivity contribution in [3.05, 3.63) is 93.7 Å². The van der Waals surface area contributed by atoms with Crippen LogP contribution in [0.5, 0.6) is 5.75 Å². The Labute approximate surface area is 196 Å². The molecule has 4 aromatic rings. The van der Waals surface area contributed by atoms with Crippen LogP contribution in [-0.2, 0) is 13.0 Å². The molecule has 1 amide bonds. The predicted octanol–water partition coefficient (Wildman–Crippen LogP) is 5.76. The van der Waals surface area contributed by atoms with Crippen LogP contribution in [0.25, 0.3) is 11.0 Å². The topological polar surface area (TPSA) is 56.1 Å². The maximum atomic E-state index is 12.4. The second-order valence-corrected chi connectivity index (χ2v) is 8.25. The third-order valence-electron chi connectivity index (χ3n) is 5.27. The highest BCUT2D eigenvalue weighted by Gasteiger charge is 2.12. The molecule has 0 spiro atoms. The van der Waals surface area contributed by atoms with Crippen LogP contribution >= 0.6 is 23.2 Å². The summed E-state index contributed by atoms with van der Waals surface area (Å²) >= 11 is 12.3. The molecular formula is C25H23Cl2N3O2. The zero-order chi connectivity index (χ0) is 22.5. The molecule has 4 rings (SSSR count). The molecule has 1 heterocycles. The number of hydrogen-bond acceptors (Lipinski definition) is 3. The summed E-state index contributed by atoms with van der Waals surface area (Å²) in [6, 6.07) is 20.8. The van der Waals surface area contributed by atoms with Crippen molar-refractivity contribution >= 4 is 40.1 Å². The van der Waals surface area contributed by atoms with Gasteiger partial charge in [-0.25, -0.2) is 4.98 Å². The van der Waals surface area contributed by atoms with Gasteiger partial charge in [-0.05, 0) is 60.5 Å². The van der Waals surface area contributed by atoms with E-state index in [0.717, 1.165) is 41.0 Å². The van der Waals surface area contributed by atoms with Crippen molar-refractivity contribution in [1.29, 1.82) is 0 Å². The molecule has 0 aliphatic rings. The van der Waals surface area contributed by atoms with E-state index in [9.17, 15) is 4.79 Å². The second kappa shape index (κ2) is 10.1. The number of aromatic nitrogens is 2. The van der Waals surface area contributed by atoms with E-state index in [0.29, 0.717) is 28.7 Å². The smallest absolute Gasteiger partial charge is 0.251 e. The lowest BCUT2D eigenvalue weighted by atomic mass is 10.2. The van der Waals surface area contributed by atoms with Gasteiger partial charge in [0.05, 0.1) is 28.2 Å². The van der Waals surface area contributed by atoms with Crippen molar-refractivity contribution in [1.82, 2.24) is 14.9 Å². The molecule has 1 aromatic heterocycles. The number of amides is 1. The zero-order valence-electron chi connectivity index (χ0n) is 17.6. The molecule has 7 heteroatoms. The highest BCUT2D eigenvalue weighted by molar-refractivity contribution is 6.42. The molecule has 0 saturated heterocycles. The average Bonchev–Trinajstić information content (AvgIpc) is 3.16. The molecule has 0 unspecified atom stereocenters. The van der Waals surface area contributed by atoms with Gasteiger partial charge in [-0.15, -0.1) is 0 Å². The van der Waals surface area contributed by atoms with E-state index in [-0.39, 0.29) is 5.91 Å². The Morgan fingerprint density at radius 2 is 1.81 bits per heavy atom. The summed E-state index contributed by atoms with van der Waals surface area (Å²) in [5.41, 5.74) is 3.68. The molecule has 3 aromatic carbocycles. The molecule has 0 aliphatic carbocycles. The fourth-order valence-electron chi connectivity index (χ4n) is 3.61. The first-order valence-corrected chi connectivity index (χ1v) is 11.1. The molecular weight excluding hydrogens is 445 g/mol. The lowest BCUT2D eigenvalue weighted by Gasteiger charge is -2.11. The van der Waals surface area contributed by atoms with Crippen molar-refractivity contribution in [3.8, 4) is 5.75 Å². The van der Waals surface area contributed by atoms with Crippen molar-refractivity contribution in [2.24, 2.45) is 0 Å². The number of nitrogens with zero attached hydrogens (tertiary/aromatic N) is 2. The fourth-order valence-corrected chi connectivity index (χ4v) is 3.93. The van der Waals surface area contributed by atoms with Crippen molar-refractivity contribution in [2.45, 2.75) is 19.4 Å². The molecule has 0 radical (unpaired) electrons. The summed E-state index contributed by atoms with van der Waals surface area (Å²) in [5, 5.41) is 4.05. The number of rotatable bonds is 8. The number of fused-ring (bicyclic) bond motifs is 1. The molecule has 32 heavy (non-hydrogen) atoms. The van der Waals surface area contributed by atoms with Gasteiger partial charge in [0.25, 0.3) is 5.91 Å². The molecule has 0 aliphatic heterocycles. The molecule has 0 fully saturated rings. The minimum absolute atomic E-state index is 0.100. The number of ether oxygens (including phenoxy) is 1. The number of aryl methyl sites for hydroxylation is 1. The number of carbonyl (C=O) groups is 1. The van der Waals surface area contributed by atoms with E-state index >= 15 is 0 Å². The Morgan fingerprint density at radius 3 is 2.56 bits per heavy atom. The molecule has 0 bridgehead atoms. The Balaban J connectivity index is 1.43. The van der Waals surface area contributed by atoms with Gasteiger partial charge >= 0.3 is 0 Å². The van der Waals surface area contributed by atoms with E-state index in [1.54, 1.807) is 31.4 Å². The minimum atomic E-state index is -0.100. The van der Waals surface area contributed by atoms with E-state index in [1.807, 2.05) is 36.4 Å². The normalized spacial score (nSPS) is 11.0. The van der Waals surface area contributed by atoms with Crippen LogP contribution in [-0.4, -0.2) is 29.1 Å². The van der Waals surface area contributed by atoms with Gasteiger partial charge < -0.3 is 14.6 Å². The quantitative estimate of drug-likeness (QED) is 0.335. The van der Waals surface area contributed by atoms with Crippen LogP contribution in [0.15, 0.2) is 66.7 Å². The summed E-state index contributed by atoms with van der Waals surface area (Å²) < 4.78 is 7.33. The number of benzene rings is 3. The van der Waals surface area contributed by atoms with Crippen molar-refractivity contribution in [3.63, 3.8) is 0 Å². The number of carbonyl (C=O) groups excluding carboxylic acids is 1. The molecule has 1 N–H and O–H groups in total. The van der Waals surface area contributed by atoms with Gasteiger partial charge in [0, 0.05) is 25.1 Å². The van der Waals surface area contributed by atoms with Crippen molar-refractivity contribution < 1.29 is 9.53 Å². The molecule has 0 saturated carbocycles. The predicted molar refractivity (Wildman–Crippen MR) is 129 cm³/mol. The first-order chi connectivity index (χ1) is 15.5. The first kappa shape index (κ1) is 22.2. The van der Waals surface area contributed by atoms with Crippen LogP contribution < -0.4 is 10.1 Å². The van der Waals surface area contributed by atoms with Crippen LogP contribution in [0.2, 0.25) is 10.0 Å². The average molecular weight is 468 g/mol. The molecule has 164 valence electrons. The number of hydrogen-bond donors (Lipinski definition) is 1. The summed E-state index contributed by atoms with van der Waals surface area (Å²) in [5.74, 6) is 1.59. The fraction of sp³-hybridized carbons (Fsp3) is 0.200. The number of imidazole rings is 1. The van der Waals surface area contributed by atoms with Gasteiger partial charge in [0.1, 0.15) is 11.6 Å². The van der Waals surface area contributed by atoms with Gasteiger partial charge in [-0.2, -0.15) is 0 Å². The maximum Gasteiger partial charge on any atom is 0.251 e. The summed E-state index contributed by atoms with van der Waals surface area (Å²) in [4.78, 5) is 17.2. The van der Waals surface area contributed by atoms with E-state index in [2.05, 4.69) is 16.0 Å². The lowest BCUT2D eigenvalue weighted by Crippen LogP contribution is -2.25. The number of nitrogens with one attached hydrogen (secondary N) is 1. The van der Waals surface area contributed by atoms with Crippen molar-refractivity contribution in [2.75, 3.05) is 13.7 Å². The first-order valence-electron chi connectivity index (χ1n) is 10.4. The Bertz CT molecular complexity index is 1240. The number of para-hydroxylation sites is 2. The Morgan fingerprint density at radius 1 is 1.03 bits per heavy atom. The van der Waals surface area contributed by atoms with E-state index in [1.165, 1.54) is 0 Å². The van der Waals surface area contributed by atoms with Crippen LogP contribution in [0.3, 0.4) is 0 Å². The number of methoxy groups -OCH3 is 1. The largest absolute Gasteiger partial charge is 0.497 e. The zero-order valence-corrected chi connectivity index (χ0v) is 19.2. The lowest BCUT2D eigenvalue weighted by molar-refractivity contribution is 0.0953. The SMILES string of the molecule is COc1ccc(C(=O)NCCCc2nc3ccccc3n2Cc2ccc(Cl)c(Cl)c2)cc1.